The Balaban J connectivity index is 1.79. The predicted molar refractivity (Wildman–Crippen MR) is 76.2 cm³/mol. The molecule has 0 aromatic heterocycles. The SMILES string of the molecule is NCCOc1ccc(NC(=O)CC2CCCC2)cc1. The van der Waals surface area contributed by atoms with Crippen molar-refractivity contribution in [2.24, 2.45) is 11.7 Å². The molecule has 0 heterocycles. The number of nitrogens with one attached hydrogen (secondary N) is 1. The largest absolute Gasteiger partial charge is 0.492 e. The van der Waals surface area contributed by atoms with Crippen LogP contribution in [0.15, 0.2) is 24.3 Å². The number of rotatable bonds is 6. The minimum absolute atomic E-state index is 0.113. The molecule has 0 spiro atoms. The van der Waals surface area contributed by atoms with E-state index in [0.29, 0.717) is 25.5 Å². The third kappa shape index (κ3) is 4.56. The Hall–Kier alpha value is -1.55. The maximum atomic E-state index is 11.9. The van der Waals surface area contributed by atoms with Crippen LogP contribution in [0.3, 0.4) is 0 Å². The lowest BCUT2D eigenvalue weighted by molar-refractivity contribution is -0.117. The monoisotopic (exact) mass is 262 g/mol. The van der Waals surface area contributed by atoms with Crippen molar-refractivity contribution in [3.05, 3.63) is 24.3 Å². The van der Waals surface area contributed by atoms with Gasteiger partial charge in [0.25, 0.3) is 0 Å². The van der Waals surface area contributed by atoms with Gasteiger partial charge in [0.05, 0.1) is 0 Å². The van der Waals surface area contributed by atoms with Crippen LogP contribution in [0.25, 0.3) is 0 Å². The third-order valence-corrected chi connectivity index (χ3v) is 3.47. The van der Waals surface area contributed by atoms with Crippen molar-refractivity contribution in [1.82, 2.24) is 0 Å². The Morgan fingerprint density at radius 3 is 2.58 bits per heavy atom. The fourth-order valence-corrected chi connectivity index (χ4v) is 2.50. The first kappa shape index (κ1) is 13.9. The summed E-state index contributed by atoms with van der Waals surface area (Å²) in [6, 6.07) is 7.42. The molecular formula is C15H22N2O2. The van der Waals surface area contributed by atoms with Crippen LogP contribution < -0.4 is 15.8 Å². The highest BCUT2D eigenvalue weighted by Gasteiger charge is 2.18. The van der Waals surface area contributed by atoms with Gasteiger partial charge in [-0.05, 0) is 43.0 Å². The van der Waals surface area contributed by atoms with Crippen molar-refractivity contribution in [1.29, 1.82) is 0 Å². The van der Waals surface area contributed by atoms with Crippen molar-refractivity contribution in [2.75, 3.05) is 18.5 Å². The van der Waals surface area contributed by atoms with E-state index in [0.717, 1.165) is 11.4 Å². The Morgan fingerprint density at radius 2 is 1.95 bits per heavy atom. The predicted octanol–water partition coefficient (Wildman–Crippen LogP) is 2.54. The summed E-state index contributed by atoms with van der Waals surface area (Å²) in [5.41, 5.74) is 6.19. The average molecular weight is 262 g/mol. The van der Waals surface area contributed by atoms with Gasteiger partial charge in [0.2, 0.25) is 5.91 Å². The lowest BCUT2D eigenvalue weighted by Crippen LogP contribution is -2.15. The molecule has 0 bridgehead atoms. The second kappa shape index (κ2) is 7.14. The molecule has 0 unspecified atom stereocenters. The van der Waals surface area contributed by atoms with Crippen LogP contribution in [-0.2, 0) is 4.79 Å². The van der Waals surface area contributed by atoms with Crippen LogP contribution in [0.4, 0.5) is 5.69 Å². The highest BCUT2D eigenvalue weighted by Crippen LogP contribution is 2.27. The molecule has 1 aromatic carbocycles. The molecule has 1 aliphatic carbocycles. The Morgan fingerprint density at radius 1 is 1.26 bits per heavy atom. The minimum Gasteiger partial charge on any atom is -0.492 e. The van der Waals surface area contributed by atoms with Crippen molar-refractivity contribution in [3.63, 3.8) is 0 Å². The summed E-state index contributed by atoms with van der Waals surface area (Å²) in [7, 11) is 0. The number of nitrogens with two attached hydrogens (primary N) is 1. The normalized spacial score (nSPS) is 15.4. The van der Waals surface area contributed by atoms with Gasteiger partial charge in [-0.3, -0.25) is 4.79 Å². The zero-order chi connectivity index (χ0) is 13.5. The number of ether oxygens (including phenoxy) is 1. The van der Waals surface area contributed by atoms with Crippen molar-refractivity contribution >= 4 is 11.6 Å². The van der Waals surface area contributed by atoms with Crippen LogP contribution in [0.5, 0.6) is 5.75 Å². The standard InChI is InChI=1S/C15H22N2O2/c16-9-10-19-14-7-5-13(6-8-14)17-15(18)11-12-3-1-2-4-12/h5-8,12H,1-4,9-11,16H2,(H,17,18). The van der Waals surface area contributed by atoms with E-state index < -0.39 is 0 Å². The molecule has 1 fully saturated rings. The number of hydrogen-bond acceptors (Lipinski definition) is 3. The molecule has 4 nitrogen and oxygen atoms in total. The number of carbonyl (C=O) groups excluding carboxylic acids is 1. The van der Waals surface area contributed by atoms with E-state index in [1.165, 1.54) is 25.7 Å². The van der Waals surface area contributed by atoms with E-state index >= 15 is 0 Å². The van der Waals surface area contributed by atoms with Gasteiger partial charge in [0, 0.05) is 18.7 Å². The zero-order valence-electron chi connectivity index (χ0n) is 11.2. The van der Waals surface area contributed by atoms with E-state index in [9.17, 15) is 4.79 Å². The summed E-state index contributed by atoms with van der Waals surface area (Å²) in [4.78, 5) is 11.9. The summed E-state index contributed by atoms with van der Waals surface area (Å²) in [6.45, 7) is 1.01. The molecule has 4 heteroatoms. The topological polar surface area (TPSA) is 64.3 Å². The molecule has 0 saturated heterocycles. The summed E-state index contributed by atoms with van der Waals surface area (Å²) < 4.78 is 5.39. The van der Waals surface area contributed by atoms with Gasteiger partial charge >= 0.3 is 0 Å². The van der Waals surface area contributed by atoms with Crippen LogP contribution >= 0.6 is 0 Å². The number of anilines is 1. The van der Waals surface area contributed by atoms with Crippen LogP contribution in [0.2, 0.25) is 0 Å². The van der Waals surface area contributed by atoms with Gasteiger partial charge in [-0.2, -0.15) is 0 Å². The van der Waals surface area contributed by atoms with E-state index in [1.807, 2.05) is 24.3 Å². The Kier molecular flexibility index (Phi) is 5.21. The molecule has 0 radical (unpaired) electrons. The van der Waals surface area contributed by atoms with E-state index in [1.54, 1.807) is 0 Å². The first-order valence-corrected chi connectivity index (χ1v) is 7.00. The van der Waals surface area contributed by atoms with E-state index in [-0.39, 0.29) is 5.91 Å². The lowest BCUT2D eigenvalue weighted by Gasteiger charge is -2.10. The van der Waals surface area contributed by atoms with Crippen molar-refractivity contribution in [2.45, 2.75) is 32.1 Å². The maximum absolute atomic E-state index is 11.9. The second-order valence-electron chi connectivity index (χ2n) is 5.06. The average Bonchev–Trinajstić information content (AvgIpc) is 2.90. The fraction of sp³-hybridized carbons (Fsp3) is 0.533. The van der Waals surface area contributed by atoms with E-state index in [4.69, 9.17) is 10.5 Å². The van der Waals surface area contributed by atoms with Crippen LogP contribution in [-0.4, -0.2) is 19.1 Å². The van der Waals surface area contributed by atoms with Gasteiger partial charge in [0.1, 0.15) is 12.4 Å². The maximum Gasteiger partial charge on any atom is 0.224 e. The molecule has 0 aliphatic heterocycles. The molecular weight excluding hydrogens is 240 g/mol. The minimum atomic E-state index is 0.113. The van der Waals surface area contributed by atoms with E-state index in [2.05, 4.69) is 5.32 Å². The van der Waals surface area contributed by atoms with Crippen LogP contribution in [0, 0.1) is 5.92 Å². The molecule has 104 valence electrons. The zero-order valence-corrected chi connectivity index (χ0v) is 11.2. The number of amides is 1. The number of benzene rings is 1. The summed E-state index contributed by atoms with van der Waals surface area (Å²) >= 11 is 0. The molecule has 0 atom stereocenters. The number of hydrogen-bond donors (Lipinski definition) is 2. The van der Waals surface area contributed by atoms with Crippen LogP contribution in [0.1, 0.15) is 32.1 Å². The highest BCUT2D eigenvalue weighted by atomic mass is 16.5. The first-order chi connectivity index (χ1) is 9.28. The summed E-state index contributed by atoms with van der Waals surface area (Å²) in [5, 5.41) is 2.93. The van der Waals surface area contributed by atoms with Gasteiger partial charge in [-0.15, -0.1) is 0 Å². The summed E-state index contributed by atoms with van der Waals surface area (Å²) in [5.74, 6) is 1.47. The molecule has 1 aromatic rings. The molecule has 1 aliphatic rings. The van der Waals surface area contributed by atoms with Gasteiger partial charge in [0.15, 0.2) is 0 Å². The smallest absolute Gasteiger partial charge is 0.224 e. The Bertz CT molecular complexity index is 397. The first-order valence-electron chi connectivity index (χ1n) is 7.00. The fourth-order valence-electron chi connectivity index (χ4n) is 2.50. The van der Waals surface area contributed by atoms with Crippen molar-refractivity contribution in [3.8, 4) is 5.75 Å². The Labute approximate surface area is 114 Å². The molecule has 2 rings (SSSR count). The second-order valence-corrected chi connectivity index (χ2v) is 5.06. The lowest BCUT2D eigenvalue weighted by atomic mass is 10.0. The molecule has 1 amide bonds. The third-order valence-electron chi connectivity index (χ3n) is 3.47. The quantitative estimate of drug-likeness (QED) is 0.828. The van der Waals surface area contributed by atoms with Gasteiger partial charge in [-0.25, -0.2) is 0 Å². The highest BCUT2D eigenvalue weighted by molar-refractivity contribution is 5.90. The van der Waals surface area contributed by atoms with Gasteiger partial charge < -0.3 is 15.8 Å². The molecule has 19 heavy (non-hydrogen) atoms. The van der Waals surface area contributed by atoms with Crippen molar-refractivity contribution < 1.29 is 9.53 Å². The molecule has 3 N–H and O–H groups in total. The van der Waals surface area contributed by atoms with Gasteiger partial charge in [-0.1, -0.05) is 12.8 Å². The number of carbonyl (C=O) groups is 1. The molecule has 1 saturated carbocycles. The summed E-state index contributed by atoms with van der Waals surface area (Å²) in [6.07, 6.45) is 5.57.